The molecule has 7 nitrogen and oxygen atoms in total. The van der Waals surface area contributed by atoms with Crippen molar-refractivity contribution >= 4 is 27.7 Å². The first-order valence-electron chi connectivity index (χ1n) is 6.59. The lowest BCUT2D eigenvalue weighted by atomic mass is 10.4. The van der Waals surface area contributed by atoms with Gasteiger partial charge in [0.1, 0.15) is 5.15 Å². The molecule has 0 saturated carbocycles. The minimum absolute atomic E-state index is 0.119. The summed E-state index contributed by atoms with van der Waals surface area (Å²) in [6.07, 6.45) is 1.36. The number of hydrogen-bond donors (Lipinski definition) is 1. The Kier molecular flexibility index (Phi) is 5.02. The molecule has 21 heavy (non-hydrogen) atoms. The maximum Gasteiger partial charge on any atom is 0.317 e. The van der Waals surface area contributed by atoms with Crippen LogP contribution in [0.2, 0.25) is 5.15 Å². The summed E-state index contributed by atoms with van der Waals surface area (Å²) in [7, 11) is -3.60. The summed E-state index contributed by atoms with van der Waals surface area (Å²) in [5.74, 6) is 0. The van der Waals surface area contributed by atoms with E-state index in [-0.39, 0.29) is 29.2 Å². The quantitative estimate of drug-likeness (QED) is 0.829. The normalized spacial score (nSPS) is 16.8. The van der Waals surface area contributed by atoms with Crippen LogP contribution in [0.1, 0.15) is 6.92 Å². The van der Waals surface area contributed by atoms with Crippen molar-refractivity contribution in [3.63, 3.8) is 0 Å². The van der Waals surface area contributed by atoms with Crippen LogP contribution in [-0.4, -0.2) is 61.4 Å². The van der Waals surface area contributed by atoms with E-state index in [1.165, 1.54) is 22.6 Å². The highest BCUT2D eigenvalue weighted by Gasteiger charge is 2.30. The Morgan fingerprint density at radius 2 is 2.05 bits per heavy atom. The summed E-state index contributed by atoms with van der Waals surface area (Å²) in [4.78, 5) is 17.2. The van der Waals surface area contributed by atoms with E-state index in [2.05, 4.69) is 10.3 Å². The van der Waals surface area contributed by atoms with Crippen molar-refractivity contribution in [1.29, 1.82) is 0 Å². The fraction of sp³-hybridized carbons (Fsp3) is 0.500. The lowest BCUT2D eigenvalue weighted by Gasteiger charge is -2.33. The topological polar surface area (TPSA) is 82.6 Å². The van der Waals surface area contributed by atoms with Crippen molar-refractivity contribution in [1.82, 2.24) is 19.5 Å². The number of sulfonamides is 1. The van der Waals surface area contributed by atoms with Gasteiger partial charge in [-0.3, -0.25) is 0 Å². The highest BCUT2D eigenvalue weighted by Crippen LogP contribution is 2.19. The third kappa shape index (κ3) is 3.63. The fourth-order valence-corrected chi connectivity index (χ4v) is 3.76. The molecule has 1 aromatic heterocycles. The molecule has 1 N–H and O–H groups in total. The molecule has 1 aromatic rings. The number of nitrogens with one attached hydrogen (secondary N) is 1. The number of nitrogens with zero attached hydrogens (tertiary/aromatic N) is 3. The summed E-state index contributed by atoms with van der Waals surface area (Å²) < 4.78 is 26.3. The van der Waals surface area contributed by atoms with Gasteiger partial charge in [-0.15, -0.1) is 0 Å². The molecule has 116 valence electrons. The fourth-order valence-electron chi connectivity index (χ4n) is 2.09. The lowest BCUT2D eigenvalue weighted by molar-refractivity contribution is 0.173. The molecule has 1 saturated heterocycles. The lowest BCUT2D eigenvalue weighted by Crippen LogP contribution is -2.53. The van der Waals surface area contributed by atoms with Crippen LogP contribution in [0.4, 0.5) is 4.79 Å². The average molecular weight is 333 g/mol. The maximum absolute atomic E-state index is 12.5. The molecule has 0 radical (unpaired) electrons. The molecule has 2 heterocycles. The zero-order valence-corrected chi connectivity index (χ0v) is 13.2. The smallest absolute Gasteiger partial charge is 0.317 e. The van der Waals surface area contributed by atoms with Crippen molar-refractivity contribution < 1.29 is 13.2 Å². The molecule has 2 rings (SSSR count). The minimum atomic E-state index is -3.60. The molecule has 0 spiro atoms. The van der Waals surface area contributed by atoms with Gasteiger partial charge < -0.3 is 10.2 Å². The molecule has 1 fully saturated rings. The molecule has 9 heteroatoms. The minimum Gasteiger partial charge on any atom is -0.338 e. The SMILES string of the molecule is CCNC(=O)N1CCN(S(=O)(=O)c2ccnc(Cl)c2)CC1. The Morgan fingerprint density at radius 1 is 1.38 bits per heavy atom. The van der Waals surface area contributed by atoms with E-state index in [4.69, 9.17) is 11.6 Å². The maximum atomic E-state index is 12.5. The second kappa shape index (κ2) is 6.59. The van der Waals surface area contributed by atoms with Crippen molar-refractivity contribution in [2.75, 3.05) is 32.7 Å². The van der Waals surface area contributed by atoms with Gasteiger partial charge in [-0.1, -0.05) is 11.6 Å². The van der Waals surface area contributed by atoms with E-state index in [1.807, 2.05) is 6.92 Å². The van der Waals surface area contributed by atoms with Crippen LogP contribution in [0.15, 0.2) is 23.2 Å². The molecule has 2 amide bonds. The zero-order chi connectivity index (χ0) is 15.5. The highest BCUT2D eigenvalue weighted by atomic mass is 35.5. The number of pyridine rings is 1. The van der Waals surface area contributed by atoms with Crippen molar-refractivity contribution in [2.45, 2.75) is 11.8 Å². The van der Waals surface area contributed by atoms with Crippen molar-refractivity contribution in [3.8, 4) is 0 Å². The number of amides is 2. The Bertz CT molecular complexity index is 615. The number of rotatable bonds is 3. The largest absolute Gasteiger partial charge is 0.338 e. The number of urea groups is 1. The number of carbonyl (C=O) groups is 1. The summed E-state index contributed by atoms with van der Waals surface area (Å²) in [6, 6.07) is 2.58. The van der Waals surface area contributed by atoms with Crippen molar-refractivity contribution in [2.24, 2.45) is 0 Å². The first kappa shape index (κ1) is 16.0. The van der Waals surface area contributed by atoms with E-state index in [0.29, 0.717) is 19.6 Å². The van der Waals surface area contributed by atoms with Crippen molar-refractivity contribution in [3.05, 3.63) is 23.5 Å². The first-order chi connectivity index (χ1) is 9.95. The Labute approximate surface area is 128 Å². The molecular formula is C12H17ClN4O3S. The van der Waals surface area contributed by atoms with Gasteiger partial charge >= 0.3 is 6.03 Å². The van der Waals surface area contributed by atoms with E-state index in [9.17, 15) is 13.2 Å². The predicted octanol–water partition coefficient (Wildman–Crippen LogP) is 0.771. The monoisotopic (exact) mass is 332 g/mol. The Balaban J connectivity index is 2.06. The first-order valence-corrected chi connectivity index (χ1v) is 8.41. The zero-order valence-electron chi connectivity index (χ0n) is 11.6. The van der Waals surface area contributed by atoms with E-state index < -0.39 is 10.0 Å². The van der Waals surface area contributed by atoms with Gasteiger partial charge in [-0.05, 0) is 19.1 Å². The summed E-state index contributed by atoms with van der Waals surface area (Å²) in [5, 5.41) is 2.84. The molecule has 0 atom stereocenters. The van der Waals surface area contributed by atoms with E-state index in [0.717, 1.165) is 0 Å². The van der Waals surface area contributed by atoms with Gasteiger partial charge in [0, 0.05) is 38.9 Å². The van der Waals surface area contributed by atoms with Crippen LogP contribution >= 0.6 is 11.6 Å². The summed E-state index contributed by atoms with van der Waals surface area (Å²) >= 11 is 5.73. The molecule has 0 aromatic carbocycles. The number of aromatic nitrogens is 1. The molecule has 0 bridgehead atoms. The molecule has 0 unspecified atom stereocenters. The van der Waals surface area contributed by atoms with Crippen LogP contribution in [0, 0.1) is 0 Å². The average Bonchev–Trinajstić information content (AvgIpc) is 2.47. The van der Waals surface area contributed by atoms with Gasteiger partial charge in [-0.2, -0.15) is 4.31 Å². The summed E-state index contributed by atoms with van der Waals surface area (Å²) in [6.45, 7) is 3.64. The second-order valence-corrected chi connectivity index (χ2v) is 6.87. The van der Waals surface area contributed by atoms with Gasteiger partial charge in [0.15, 0.2) is 0 Å². The van der Waals surface area contributed by atoms with Crippen LogP contribution in [0.25, 0.3) is 0 Å². The third-order valence-electron chi connectivity index (χ3n) is 3.19. The molecular weight excluding hydrogens is 316 g/mol. The van der Waals surface area contributed by atoms with E-state index >= 15 is 0 Å². The van der Waals surface area contributed by atoms with Gasteiger partial charge in [0.25, 0.3) is 0 Å². The molecule has 0 aliphatic carbocycles. The third-order valence-corrected chi connectivity index (χ3v) is 5.29. The van der Waals surface area contributed by atoms with Crippen LogP contribution in [0.3, 0.4) is 0 Å². The standard InChI is InChI=1S/C12H17ClN4O3S/c1-2-14-12(18)16-5-7-17(8-6-16)21(19,20)10-3-4-15-11(13)9-10/h3-4,9H,2,5-8H2,1H3,(H,14,18). The van der Waals surface area contributed by atoms with Gasteiger partial charge in [-0.25, -0.2) is 18.2 Å². The molecule has 1 aliphatic rings. The number of carbonyl (C=O) groups excluding carboxylic acids is 1. The van der Waals surface area contributed by atoms with Gasteiger partial charge in [0.2, 0.25) is 10.0 Å². The number of halogens is 1. The Morgan fingerprint density at radius 3 is 2.62 bits per heavy atom. The van der Waals surface area contributed by atoms with Gasteiger partial charge in [0.05, 0.1) is 4.90 Å². The predicted molar refractivity (Wildman–Crippen MR) is 78.7 cm³/mol. The highest BCUT2D eigenvalue weighted by molar-refractivity contribution is 7.89. The van der Waals surface area contributed by atoms with Crippen LogP contribution in [0.5, 0.6) is 0 Å². The van der Waals surface area contributed by atoms with E-state index in [1.54, 1.807) is 4.90 Å². The number of hydrogen-bond acceptors (Lipinski definition) is 4. The Hall–Kier alpha value is -1.38. The van der Waals surface area contributed by atoms with Crippen LogP contribution in [-0.2, 0) is 10.0 Å². The molecule has 1 aliphatic heterocycles. The second-order valence-electron chi connectivity index (χ2n) is 4.54. The summed E-state index contributed by atoms with van der Waals surface area (Å²) in [5.41, 5.74) is 0. The number of piperazine rings is 1. The van der Waals surface area contributed by atoms with Crippen LogP contribution < -0.4 is 5.32 Å².